The number of hydrogen-bond donors (Lipinski definition) is 3. The monoisotopic (exact) mass is 372 g/mol. The highest BCUT2D eigenvalue weighted by molar-refractivity contribution is 4.75. The Balaban J connectivity index is 3.52. The van der Waals surface area contributed by atoms with Crippen LogP contribution < -0.4 is 0 Å². The number of rotatable bonds is 20. The fourth-order valence-electron chi connectivity index (χ4n) is 3.57. The molecule has 0 radical (unpaired) electrons. The van der Waals surface area contributed by atoms with Gasteiger partial charge in [-0.15, -0.1) is 0 Å². The molecular weight excluding hydrogens is 324 g/mol. The molecule has 2 atom stereocenters. The molecule has 3 N–H and O–H groups in total. The second-order valence-electron chi connectivity index (χ2n) is 8.15. The number of hydrogen-bond acceptors (Lipinski definition) is 3. The van der Waals surface area contributed by atoms with E-state index in [1.54, 1.807) is 0 Å². The SMILES string of the molecule is CCCCCCCCCCC(O)C(O)C(O)CCCCCCCCCC. The van der Waals surface area contributed by atoms with Crippen molar-refractivity contribution in [1.82, 2.24) is 0 Å². The van der Waals surface area contributed by atoms with E-state index in [1.807, 2.05) is 0 Å². The zero-order chi connectivity index (χ0) is 19.5. The molecular formula is C23H48O3. The Morgan fingerprint density at radius 3 is 1.00 bits per heavy atom. The van der Waals surface area contributed by atoms with Gasteiger partial charge in [0.05, 0.1) is 12.2 Å². The average Bonchev–Trinajstić information content (AvgIpc) is 2.65. The lowest BCUT2D eigenvalue weighted by molar-refractivity contribution is -0.0653. The quantitative estimate of drug-likeness (QED) is 0.225. The number of aliphatic hydroxyl groups excluding tert-OH is 3. The van der Waals surface area contributed by atoms with Crippen molar-refractivity contribution in [2.24, 2.45) is 0 Å². The Morgan fingerprint density at radius 2 is 0.692 bits per heavy atom. The van der Waals surface area contributed by atoms with Crippen LogP contribution in [0.3, 0.4) is 0 Å². The van der Waals surface area contributed by atoms with Crippen molar-refractivity contribution >= 4 is 0 Å². The molecule has 0 saturated carbocycles. The minimum atomic E-state index is -0.982. The Kier molecular flexibility index (Phi) is 19.5. The van der Waals surface area contributed by atoms with Gasteiger partial charge in [0.2, 0.25) is 0 Å². The molecule has 0 aliphatic carbocycles. The van der Waals surface area contributed by atoms with Crippen LogP contribution in [0.15, 0.2) is 0 Å². The first-order valence-electron chi connectivity index (χ1n) is 11.7. The molecule has 0 aromatic carbocycles. The van der Waals surface area contributed by atoms with Crippen molar-refractivity contribution in [1.29, 1.82) is 0 Å². The molecule has 158 valence electrons. The molecule has 3 nitrogen and oxygen atoms in total. The summed E-state index contributed by atoms with van der Waals surface area (Å²) < 4.78 is 0. The maximum Gasteiger partial charge on any atom is 0.106 e. The minimum absolute atomic E-state index is 0.602. The van der Waals surface area contributed by atoms with Gasteiger partial charge in [0, 0.05) is 0 Å². The van der Waals surface area contributed by atoms with Gasteiger partial charge in [-0.25, -0.2) is 0 Å². The first-order valence-corrected chi connectivity index (χ1v) is 11.7. The third-order valence-corrected chi connectivity index (χ3v) is 5.50. The van der Waals surface area contributed by atoms with E-state index in [1.165, 1.54) is 77.0 Å². The fraction of sp³-hybridized carbons (Fsp3) is 1.00. The highest BCUT2D eigenvalue weighted by Crippen LogP contribution is 2.16. The molecule has 26 heavy (non-hydrogen) atoms. The second-order valence-corrected chi connectivity index (χ2v) is 8.15. The van der Waals surface area contributed by atoms with E-state index in [-0.39, 0.29) is 0 Å². The van der Waals surface area contributed by atoms with E-state index in [0.717, 1.165) is 25.7 Å². The molecule has 3 heteroatoms. The van der Waals surface area contributed by atoms with Gasteiger partial charge in [-0.05, 0) is 12.8 Å². The summed E-state index contributed by atoms with van der Waals surface area (Å²) in [6.45, 7) is 4.46. The number of aliphatic hydroxyl groups is 3. The van der Waals surface area contributed by atoms with Crippen LogP contribution in [0.1, 0.15) is 129 Å². The van der Waals surface area contributed by atoms with Gasteiger partial charge in [0.1, 0.15) is 6.10 Å². The van der Waals surface area contributed by atoms with Crippen molar-refractivity contribution in [3.05, 3.63) is 0 Å². The molecule has 0 fully saturated rings. The first kappa shape index (κ1) is 25.9. The van der Waals surface area contributed by atoms with Gasteiger partial charge in [0.15, 0.2) is 0 Å². The molecule has 0 heterocycles. The highest BCUT2D eigenvalue weighted by Gasteiger charge is 2.23. The third kappa shape index (κ3) is 16.1. The third-order valence-electron chi connectivity index (χ3n) is 5.50. The lowest BCUT2D eigenvalue weighted by Crippen LogP contribution is -2.37. The Morgan fingerprint density at radius 1 is 0.423 bits per heavy atom. The van der Waals surface area contributed by atoms with Crippen LogP contribution in [0.25, 0.3) is 0 Å². The molecule has 0 bridgehead atoms. The predicted octanol–water partition coefficient (Wildman–Crippen LogP) is 6.13. The summed E-state index contributed by atoms with van der Waals surface area (Å²) in [7, 11) is 0. The van der Waals surface area contributed by atoms with E-state index < -0.39 is 18.3 Å². The lowest BCUT2D eigenvalue weighted by atomic mass is 9.97. The van der Waals surface area contributed by atoms with Gasteiger partial charge in [-0.2, -0.15) is 0 Å². The van der Waals surface area contributed by atoms with Crippen LogP contribution in [0.4, 0.5) is 0 Å². The van der Waals surface area contributed by atoms with Crippen LogP contribution >= 0.6 is 0 Å². The zero-order valence-corrected chi connectivity index (χ0v) is 17.8. The normalized spacial score (nSPS) is 15.1. The van der Waals surface area contributed by atoms with Crippen molar-refractivity contribution in [2.45, 2.75) is 148 Å². The van der Waals surface area contributed by atoms with Crippen molar-refractivity contribution in [2.75, 3.05) is 0 Å². The maximum absolute atomic E-state index is 10.1. The fourth-order valence-corrected chi connectivity index (χ4v) is 3.57. The Hall–Kier alpha value is -0.120. The van der Waals surface area contributed by atoms with Gasteiger partial charge in [-0.1, -0.05) is 117 Å². The van der Waals surface area contributed by atoms with Gasteiger partial charge in [0.25, 0.3) is 0 Å². The van der Waals surface area contributed by atoms with E-state index in [9.17, 15) is 15.3 Å². The van der Waals surface area contributed by atoms with Crippen molar-refractivity contribution in [3.8, 4) is 0 Å². The van der Waals surface area contributed by atoms with Gasteiger partial charge >= 0.3 is 0 Å². The smallest absolute Gasteiger partial charge is 0.106 e. The van der Waals surface area contributed by atoms with E-state index >= 15 is 0 Å². The van der Waals surface area contributed by atoms with E-state index in [0.29, 0.717) is 12.8 Å². The summed E-state index contributed by atoms with van der Waals surface area (Å²) in [5, 5.41) is 30.2. The summed E-state index contributed by atoms with van der Waals surface area (Å²) in [6.07, 6.45) is 18.3. The molecule has 0 aromatic rings. The molecule has 0 aliphatic heterocycles. The first-order chi connectivity index (χ1) is 12.6. The van der Waals surface area contributed by atoms with Gasteiger partial charge < -0.3 is 15.3 Å². The molecule has 0 aliphatic rings. The van der Waals surface area contributed by atoms with Crippen molar-refractivity contribution in [3.63, 3.8) is 0 Å². The molecule has 2 unspecified atom stereocenters. The maximum atomic E-state index is 10.1. The standard InChI is InChI=1S/C23H48O3/c1-3-5-7-9-11-13-15-17-19-21(24)23(26)22(25)20-18-16-14-12-10-8-6-4-2/h21-26H,3-20H2,1-2H3. The molecule has 0 rings (SSSR count). The summed E-state index contributed by atoms with van der Waals surface area (Å²) in [5.74, 6) is 0. The summed E-state index contributed by atoms with van der Waals surface area (Å²) >= 11 is 0. The van der Waals surface area contributed by atoms with Crippen LogP contribution in [0.5, 0.6) is 0 Å². The second kappa shape index (κ2) is 19.6. The van der Waals surface area contributed by atoms with Crippen LogP contribution in [-0.4, -0.2) is 33.6 Å². The largest absolute Gasteiger partial charge is 0.390 e. The lowest BCUT2D eigenvalue weighted by Gasteiger charge is -2.23. The average molecular weight is 373 g/mol. The highest BCUT2D eigenvalue weighted by atomic mass is 16.4. The predicted molar refractivity (Wildman–Crippen MR) is 112 cm³/mol. The van der Waals surface area contributed by atoms with E-state index in [4.69, 9.17) is 0 Å². The van der Waals surface area contributed by atoms with Crippen LogP contribution in [0, 0.1) is 0 Å². The molecule has 0 aromatic heterocycles. The van der Waals surface area contributed by atoms with Crippen LogP contribution in [-0.2, 0) is 0 Å². The minimum Gasteiger partial charge on any atom is -0.390 e. The topological polar surface area (TPSA) is 60.7 Å². The molecule has 0 amide bonds. The summed E-state index contributed by atoms with van der Waals surface area (Å²) in [6, 6.07) is 0. The zero-order valence-electron chi connectivity index (χ0n) is 17.8. The summed E-state index contributed by atoms with van der Waals surface area (Å²) in [5.41, 5.74) is 0. The van der Waals surface area contributed by atoms with Crippen molar-refractivity contribution < 1.29 is 15.3 Å². The molecule has 0 saturated heterocycles. The molecule has 0 spiro atoms. The van der Waals surface area contributed by atoms with E-state index in [2.05, 4.69) is 13.8 Å². The Labute approximate surface area is 163 Å². The Bertz CT molecular complexity index is 244. The van der Waals surface area contributed by atoms with Crippen LogP contribution in [0.2, 0.25) is 0 Å². The van der Waals surface area contributed by atoms with Gasteiger partial charge in [-0.3, -0.25) is 0 Å². The number of unbranched alkanes of at least 4 members (excludes halogenated alkanes) is 14. The summed E-state index contributed by atoms with van der Waals surface area (Å²) in [4.78, 5) is 0.